The minimum absolute atomic E-state index is 0.0888. The van der Waals surface area contributed by atoms with Crippen molar-refractivity contribution in [1.29, 1.82) is 0 Å². The Balaban J connectivity index is 4.05. The highest BCUT2D eigenvalue weighted by Gasteiger charge is 2.25. The van der Waals surface area contributed by atoms with Crippen molar-refractivity contribution in [3.8, 4) is 0 Å². The van der Waals surface area contributed by atoms with E-state index in [1.54, 1.807) is 0 Å². The quantitative estimate of drug-likeness (QED) is 0.0269. The second-order valence-electron chi connectivity index (χ2n) is 16.3. The molecule has 0 rings (SSSR count). The van der Waals surface area contributed by atoms with E-state index in [2.05, 4.69) is 98.9 Å². The molecule has 0 aromatic carbocycles. The molecule has 0 bridgehead atoms. The van der Waals surface area contributed by atoms with Crippen molar-refractivity contribution in [3.63, 3.8) is 0 Å². The molecule has 0 heterocycles. The predicted molar refractivity (Wildman–Crippen MR) is 265 cm³/mol. The van der Waals surface area contributed by atoms with Crippen molar-refractivity contribution >= 4 is 13.8 Å². The molecule has 358 valence electrons. The van der Waals surface area contributed by atoms with Crippen LogP contribution in [0.3, 0.4) is 0 Å². The van der Waals surface area contributed by atoms with Crippen molar-refractivity contribution in [2.24, 2.45) is 5.73 Å². The summed E-state index contributed by atoms with van der Waals surface area (Å²) in [6, 6.07) is 0. The lowest BCUT2D eigenvalue weighted by Crippen LogP contribution is -2.28. The molecule has 0 aromatic heterocycles. The van der Waals surface area contributed by atoms with Crippen LogP contribution < -0.4 is 5.73 Å². The highest BCUT2D eigenvalue weighted by atomic mass is 31.2. The molecular formula is C53H94NO7P. The van der Waals surface area contributed by atoms with Crippen LogP contribution in [0.25, 0.3) is 0 Å². The number of phosphoric acid groups is 1. The maximum Gasteiger partial charge on any atom is 0.472 e. The third-order valence-corrected chi connectivity index (χ3v) is 11.3. The van der Waals surface area contributed by atoms with Crippen molar-refractivity contribution in [2.45, 2.75) is 213 Å². The van der Waals surface area contributed by atoms with E-state index in [9.17, 15) is 14.3 Å². The molecule has 0 spiro atoms. The summed E-state index contributed by atoms with van der Waals surface area (Å²) in [6.07, 6.45) is 64.8. The first-order valence-electron chi connectivity index (χ1n) is 25.1. The van der Waals surface area contributed by atoms with Crippen molar-refractivity contribution in [3.05, 3.63) is 85.1 Å². The number of phosphoric ester groups is 1. The van der Waals surface area contributed by atoms with Gasteiger partial charge in [-0.05, 0) is 89.9 Å². The second-order valence-corrected chi connectivity index (χ2v) is 17.7. The van der Waals surface area contributed by atoms with Crippen LogP contribution in [0.1, 0.15) is 206 Å². The van der Waals surface area contributed by atoms with Gasteiger partial charge in [0.2, 0.25) is 0 Å². The minimum Gasteiger partial charge on any atom is -0.457 e. The van der Waals surface area contributed by atoms with Gasteiger partial charge in [0.1, 0.15) is 6.10 Å². The van der Waals surface area contributed by atoms with Crippen LogP contribution in [0, 0.1) is 0 Å². The molecule has 0 saturated carbocycles. The van der Waals surface area contributed by atoms with E-state index >= 15 is 0 Å². The van der Waals surface area contributed by atoms with Gasteiger partial charge in [0.25, 0.3) is 0 Å². The van der Waals surface area contributed by atoms with E-state index in [4.69, 9.17) is 24.3 Å². The number of rotatable bonds is 47. The summed E-state index contributed by atoms with van der Waals surface area (Å²) < 4.78 is 33.5. The SMILES string of the molecule is CC/C=C\C/C=C\C/C=C\C/C=C\C/C=C\C/C=C\CCCCC(=O)OC(COCCCCCCCCCCCC/C=C\CCCCCCCCCC)COP(=O)(O)OCCN. The minimum atomic E-state index is -4.30. The normalized spacial score (nSPS) is 14.1. The Hall–Kier alpha value is -2.32. The van der Waals surface area contributed by atoms with Gasteiger partial charge < -0.3 is 20.1 Å². The molecule has 0 aliphatic carbocycles. The van der Waals surface area contributed by atoms with Crippen LogP contribution >= 0.6 is 7.82 Å². The summed E-state index contributed by atoms with van der Waals surface area (Å²) in [7, 11) is -4.30. The Morgan fingerprint density at radius 1 is 0.500 bits per heavy atom. The molecule has 0 fully saturated rings. The Labute approximate surface area is 381 Å². The van der Waals surface area contributed by atoms with Gasteiger partial charge in [0.05, 0.1) is 19.8 Å². The second kappa shape index (κ2) is 49.7. The maximum absolute atomic E-state index is 12.6. The standard InChI is InChI=1S/C53H94NO7P/c1-3-5-7-9-11-13-15-17-19-21-23-25-27-29-31-33-35-37-39-41-43-45-48-58-50-52(51-60-62(56,57)59-49-47-54)61-53(55)46-44-42-40-38-36-34-32-30-28-26-24-22-20-18-16-14-12-10-8-6-4-2/h6,8,12,14,18,20-21,23-24,26,30,32,36,38,52H,3-5,7,9-11,13,15-17,19,22,25,27-29,31,33-35,37,39-51,54H2,1-2H3,(H,56,57)/b8-6-,14-12-,20-18-,23-21-,26-24-,32-30-,38-36-. The lowest BCUT2D eigenvalue weighted by atomic mass is 10.1. The summed E-state index contributed by atoms with van der Waals surface area (Å²) in [5, 5.41) is 0. The molecule has 0 aliphatic heterocycles. The van der Waals surface area contributed by atoms with Gasteiger partial charge in [-0.2, -0.15) is 0 Å². The van der Waals surface area contributed by atoms with Gasteiger partial charge in [0, 0.05) is 19.6 Å². The molecular weight excluding hydrogens is 794 g/mol. The summed E-state index contributed by atoms with van der Waals surface area (Å²) >= 11 is 0. The first-order chi connectivity index (χ1) is 30.4. The Kier molecular flexibility index (Phi) is 47.8. The van der Waals surface area contributed by atoms with E-state index < -0.39 is 13.9 Å². The summed E-state index contributed by atoms with van der Waals surface area (Å²) in [5.41, 5.74) is 5.38. The van der Waals surface area contributed by atoms with Crippen LogP contribution in [0.5, 0.6) is 0 Å². The number of carbonyl (C=O) groups is 1. The van der Waals surface area contributed by atoms with Gasteiger partial charge in [-0.15, -0.1) is 0 Å². The number of ether oxygens (including phenoxy) is 2. The Bertz CT molecular complexity index is 1220. The van der Waals surface area contributed by atoms with Crippen molar-refractivity contribution in [2.75, 3.05) is 33.0 Å². The number of esters is 1. The van der Waals surface area contributed by atoms with E-state index in [1.807, 2.05) is 0 Å². The molecule has 8 nitrogen and oxygen atoms in total. The third-order valence-electron chi connectivity index (χ3n) is 10.3. The maximum atomic E-state index is 12.6. The number of hydrogen-bond donors (Lipinski definition) is 2. The predicted octanol–water partition coefficient (Wildman–Crippen LogP) is 15.6. The number of allylic oxidation sites excluding steroid dienone is 14. The summed E-state index contributed by atoms with van der Waals surface area (Å²) in [4.78, 5) is 22.6. The molecule has 62 heavy (non-hydrogen) atoms. The van der Waals surface area contributed by atoms with E-state index in [1.165, 1.54) is 116 Å². The van der Waals surface area contributed by atoms with Crippen molar-refractivity contribution in [1.82, 2.24) is 0 Å². The molecule has 9 heteroatoms. The Morgan fingerprint density at radius 3 is 1.37 bits per heavy atom. The van der Waals surface area contributed by atoms with Crippen LogP contribution in [0.15, 0.2) is 85.1 Å². The van der Waals surface area contributed by atoms with Gasteiger partial charge in [-0.25, -0.2) is 4.57 Å². The number of unbranched alkanes of at least 4 members (excludes halogenated alkanes) is 20. The topological polar surface area (TPSA) is 117 Å². The molecule has 0 aliphatic rings. The zero-order valence-corrected chi connectivity index (χ0v) is 40.7. The van der Waals surface area contributed by atoms with Gasteiger partial charge in [-0.3, -0.25) is 13.8 Å². The smallest absolute Gasteiger partial charge is 0.457 e. The number of nitrogens with two attached hydrogens (primary N) is 1. The first kappa shape index (κ1) is 59.7. The first-order valence-corrected chi connectivity index (χ1v) is 26.6. The number of carbonyl (C=O) groups excluding carboxylic acids is 1. The highest BCUT2D eigenvalue weighted by Crippen LogP contribution is 2.43. The Morgan fingerprint density at radius 2 is 0.903 bits per heavy atom. The van der Waals surface area contributed by atoms with Gasteiger partial charge in [0.15, 0.2) is 0 Å². The summed E-state index contributed by atoms with van der Waals surface area (Å²) in [6.45, 7) is 4.75. The lowest BCUT2D eigenvalue weighted by molar-refractivity contribution is -0.154. The largest absolute Gasteiger partial charge is 0.472 e. The summed E-state index contributed by atoms with van der Waals surface area (Å²) in [5.74, 6) is -0.373. The van der Waals surface area contributed by atoms with E-state index in [-0.39, 0.29) is 38.8 Å². The molecule has 0 radical (unpaired) electrons. The fourth-order valence-electron chi connectivity index (χ4n) is 6.64. The lowest BCUT2D eigenvalue weighted by Gasteiger charge is -2.20. The van der Waals surface area contributed by atoms with Crippen molar-refractivity contribution < 1.29 is 32.8 Å². The average Bonchev–Trinajstić information content (AvgIpc) is 3.26. The fourth-order valence-corrected chi connectivity index (χ4v) is 7.41. The molecule has 2 atom stereocenters. The van der Waals surface area contributed by atoms with Crippen LogP contribution in [0.4, 0.5) is 0 Å². The molecule has 0 aromatic rings. The number of hydrogen-bond acceptors (Lipinski definition) is 7. The van der Waals surface area contributed by atoms with Crippen LogP contribution in [0.2, 0.25) is 0 Å². The van der Waals surface area contributed by atoms with E-state index in [0.29, 0.717) is 13.0 Å². The monoisotopic (exact) mass is 888 g/mol. The molecule has 0 amide bonds. The van der Waals surface area contributed by atoms with Gasteiger partial charge in [-0.1, -0.05) is 195 Å². The third kappa shape index (κ3) is 48.7. The fraction of sp³-hybridized carbons (Fsp3) is 0.717. The van der Waals surface area contributed by atoms with Gasteiger partial charge >= 0.3 is 13.8 Å². The zero-order valence-electron chi connectivity index (χ0n) is 39.8. The molecule has 2 unspecified atom stereocenters. The molecule has 0 saturated heterocycles. The average molecular weight is 888 g/mol. The van der Waals surface area contributed by atoms with Crippen LogP contribution in [-0.4, -0.2) is 49.9 Å². The molecule has 3 N–H and O–H groups in total. The highest BCUT2D eigenvalue weighted by molar-refractivity contribution is 7.47. The van der Waals surface area contributed by atoms with E-state index in [0.717, 1.165) is 64.2 Å². The zero-order chi connectivity index (χ0) is 45.1. The van der Waals surface area contributed by atoms with Crippen LogP contribution in [-0.2, 0) is 27.9 Å².